The molecule has 4 rings (SSSR count). The molecule has 0 radical (unpaired) electrons. The van der Waals surface area contributed by atoms with E-state index in [-0.39, 0.29) is 0 Å². The number of aryl methyl sites for hydroxylation is 3. The molecule has 0 spiro atoms. The highest BCUT2D eigenvalue weighted by Crippen LogP contribution is 2.30. The Labute approximate surface area is 200 Å². The van der Waals surface area contributed by atoms with Gasteiger partial charge in [-0.15, -0.1) is 0 Å². The van der Waals surface area contributed by atoms with Gasteiger partial charge in [-0.1, -0.05) is 78.9 Å². The predicted octanol–water partition coefficient (Wildman–Crippen LogP) is 5.10. The van der Waals surface area contributed by atoms with Crippen LogP contribution in [0.5, 0.6) is 0 Å². The molecule has 0 saturated heterocycles. The van der Waals surface area contributed by atoms with Crippen molar-refractivity contribution in [2.75, 3.05) is 0 Å². The lowest BCUT2D eigenvalue weighted by atomic mass is 9.85. The standard InChI is InChI=1S/C29H29N3O2/c1-20-12-11-13-21(2)27(20)32-22(3)18-24(23(32)4)19-30-31-28(33)29(34,25-14-7-5-8-15-25)26-16-9-6-10-17-26/h5-19,34H,1-4H3,(H,31,33)/b30-19-. The van der Waals surface area contributed by atoms with Crippen molar-refractivity contribution in [3.05, 3.63) is 124 Å². The second-order valence-electron chi connectivity index (χ2n) is 8.54. The smallest absolute Gasteiger partial charge is 0.281 e. The van der Waals surface area contributed by atoms with Crippen LogP contribution in [0.2, 0.25) is 0 Å². The van der Waals surface area contributed by atoms with Crippen LogP contribution in [0, 0.1) is 27.7 Å². The van der Waals surface area contributed by atoms with E-state index in [0.717, 1.165) is 22.6 Å². The molecule has 34 heavy (non-hydrogen) atoms. The third kappa shape index (κ3) is 4.18. The number of aromatic nitrogens is 1. The van der Waals surface area contributed by atoms with Crippen molar-refractivity contribution in [2.24, 2.45) is 5.10 Å². The molecular weight excluding hydrogens is 422 g/mol. The molecule has 0 aliphatic carbocycles. The van der Waals surface area contributed by atoms with Gasteiger partial charge in [-0.05, 0) is 56.0 Å². The van der Waals surface area contributed by atoms with E-state index in [9.17, 15) is 9.90 Å². The Morgan fingerprint density at radius 2 is 1.38 bits per heavy atom. The number of carbonyl (C=O) groups is 1. The van der Waals surface area contributed by atoms with Crippen molar-refractivity contribution in [3.8, 4) is 5.69 Å². The van der Waals surface area contributed by atoms with Crippen LogP contribution in [-0.4, -0.2) is 21.8 Å². The third-order valence-corrected chi connectivity index (χ3v) is 6.21. The molecule has 0 fully saturated rings. The number of hydrazone groups is 1. The van der Waals surface area contributed by atoms with Gasteiger partial charge in [0.25, 0.3) is 5.91 Å². The summed E-state index contributed by atoms with van der Waals surface area (Å²) in [4.78, 5) is 13.2. The van der Waals surface area contributed by atoms with Crippen molar-refractivity contribution in [1.82, 2.24) is 9.99 Å². The van der Waals surface area contributed by atoms with Gasteiger partial charge in [0.1, 0.15) is 0 Å². The van der Waals surface area contributed by atoms with Gasteiger partial charge < -0.3 is 9.67 Å². The maximum absolute atomic E-state index is 13.2. The van der Waals surface area contributed by atoms with Crippen molar-refractivity contribution in [2.45, 2.75) is 33.3 Å². The number of amides is 1. The molecule has 172 valence electrons. The summed E-state index contributed by atoms with van der Waals surface area (Å²) in [6.07, 6.45) is 1.63. The molecule has 0 aliphatic rings. The SMILES string of the molecule is Cc1cccc(C)c1-n1c(C)cc(/C=N\NC(=O)C(O)(c2ccccc2)c2ccccc2)c1C. The minimum Gasteiger partial charge on any atom is -0.372 e. The monoisotopic (exact) mass is 451 g/mol. The first-order chi connectivity index (χ1) is 16.3. The van der Waals surface area contributed by atoms with Gasteiger partial charge in [0.15, 0.2) is 5.60 Å². The first kappa shape index (κ1) is 23.2. The first-order valence-corrected chi connectivity index (χ1v) is 11.3. The average Bonchev–Trinajstić information content (AvgIpc) is 3.12. The van der Waals surface area contributed by atoms with Gasteiger partial charge >= 0.3 is 0 Å². The molecule has 2 N–H and O–H groups in total. The molecular formula is C29H29N3O2. The van der Waals surface area contributed by atoms with Crippen LogP contribution in [0.15, 0.2) is 90.0 Å². The van der Waals surface area contributed by atoms with E-state index in [0.29, 0.717) is 11.1 Å². The molecule has 0 bridgehead atoms. The van der Waals surface area contributed by atoms with Gasteiger partial charge in [-0.2, -0.15) is 5.10 Å². The molecule has 5 nitrogen and oxygen atoms in total. The van der Waals surface area contributed by atoms with Gasteiger partial charge in [0.2, 0.25) is 0 Å². The molecule has 1 amide bonds. The van der Waals surface area contributed by atoms with Crippen molar-refractivity contribution in [1.29, 1.82) is 0 Å². The Morgan fingerprint density at radius 1 is 0.853 bits per heavy atom. The minimum atomic E-state index is -1.87. The Bertz CT molecular complexity index is 1280. The van der Waals surface area contributed by atoms with E-state index < -0.39 is 11.5 Å². The number of para-hydroxylation sites is 1. The van der Waals surface area contributed by atoms with E-state index in [1.807, 2.05) is 25.1 Å². The molecule has 0 unspecified atom stereocenters. The topological polar surface area (TPSA) is 66.6 Å². The fraction of sp³-hybridized carbons (Fsp3) is 0.172. The van der Waals surface area contributed by atoms with Crippen LogP contribution < -0.4 is 5.43 Å². The number of hydrogen-bond acceptors (Lipinski definition) is 3. The molecule has 0 aliphatic heterocycles. The van der Waals surface area contributed by atoms with Crippen LogP contribution in [0.4, 0.5) is 0 Å². The summed E-state index contributed by atoms with van der Waals surface area (Å²) in [7, 11) is 0. The van der Waals surface area contributed by atoms with Crippen LogP contribution in [0.25, 0.3) is 5.69 Å². The number of nitrogens with zero attached hydrogens (tertiary/aromatic N) is 2. The first-order valence-electron chi connectivity index (χ1n) is 11.3. The predicted molar refractivity (Wildman–Crippen MR) is 136 cm³/mol. The van der Waals surface area contributed by atoms with Crippen molar-refractivity contribution in [3.63, 3.8) is 0 Å². The average molecular weight is 452 g/mol. The Kier molecular flexibility index (Phi) is 6.48. The molecule has 0 saturated carbocycles. The van der Waals surface area contributed by atoms with E-state index in [1.54, 1.807) is 54.7 Å². The molecule has 4 aromatic rings. The van der Waals surface area contributed by atoms with Crippen molar-refractivity contribution < 1.29 is 9.90 Å². The second-order valence-corrected chi connectivity index (χ2v) is 8.54. The summed E-state index contributed by atoms with van der Waals surface area (Å²) in [5.74, 6) is -0.621. The zero-order valence-corrected chi connectivity index (χ0v) is 19.9. The van der Waals surface area contributed by atoms with E-state index >= 15 is 0 Å². The van der Waals surface area contributed by atoms with Gasteiger partial charge in [-0.25, -0.2) is 5.43 Å². The Balaban J connectivity index is 1.64. The Hall–Kier alpha value is -3.96. The maximum atomic E-state index is 13.2. The van der Waals surface area contributed by atoms with E-state index in [1.165, 1.54) is 11.1 Å². The molecule has 5 heteroatoms. The Morgan fingerprint density at radius 3 is 1.91 bits per heavy atom. The van der Waals surface area contributed by atoms with Crippen LogP contribution >= 0.6 is 0 Å². The second kappa shape index (κ2) is 9.49. The number of benzene rings is 3. The van der Waals surface area contributed by atoms with Crippen LogP contribution in [0.1, 0.15) is 39.2 Å². The van der Waals surface area contributed by atoms with Crippen molar-refractivity contribution >= 4 is 12.1 Å². The largest absolute Gasteiger partial charge is 0.372 e. The summed E-state index contributed by atoms with van der Waals surface area (Å²) in [6.45, 7) is 8.29. The minimum absolute atomic E-state index is 0.474. The van der Waals surface area contributed by atoms with E-state index in [4.69, 9.17) is 0 Å². The molecule has 1 heterocycles. The normalized spacial score (nSPS) is 11.7. The highest BCUT2D eigenvalue weighted by atomic mass is 16.3. The van der Waals surface area contributed by atoms with Gasteiger partial charge in [0.05, 0.1) is 11.9 Å². The molecule has 1 aromatic heterocycles. The summed E-state index contributed by atoms with van der Waals surface area (Å²) in [5, 5.41) is 15.8. The fourth-order valence-electron chi connectivity index (χ4n) is 4.45. The molecule has 0 atom stereocenters. The summed E-state index contributed by atoms with van der Waals surface area (Å²) < 4.78 is 2.21. The number of carbonyl (C=O) groups excluding carboxylic acids is 1. The highest BCUT2D eigenvalue weighted by Gasteiger charge is 2.39. The zero-order chi connectivity index (χ0) is 24.3. The highest BCUT2D eigenvalue weighted by molar-refractivity contribution is 5.91. The number of rotatable bonds is 6. The summed E-state index contributed by atoms with van der Waals surface area (Å²) in [5.41, 5.74) is 8.17. The third-order valence-electron chi connectivity index (χ3n) is 6.21. The number of hydrogen-bond donors (Lipinski definition) is 2. The molecule has 3 aromatic carbocycles. The van der Waals surface area contributed by atoms with Crippen LogP contribution in [-0.2, 0) is 10.4 Å². The lowest BCUT2D eigenvalue weighted by Gasteiger charge is -2.27. The quantitative estimate of drug-likeness (QED) is 0.316. The van der Waals surface area contributed by atoms with Crippen LogP contribution in [0.3, 0.4) is 0 Å². The summed E-state index contributed by atoms with van der Waals surface area (Å²) in [6, 6.07) is 26.1. The lowest BCUT2D eigenvalue weighted by Crippen LogP contribution is -2.43. The number of nitrogens with one attached hydrogen (secondary N) is 1. The summed E-state index contributed by atoms with van der Waals surface area (Å²) >= 11 is 0. The number of aliphatic hydroxyl groups is 1. The zero-order valence-electron chi connectivity index (χ0n) is 19.9. The van der Waals surface area contributed by atoms with Gasteiger partial charge in [0, 0.05) is 17.0 Å². The fourth-order valence-corrected chi connectivity index (χ4v) is 4.45. The lowest BCUT2D eigenvalue weighted by molar-refractivity contribution is -0.136. The maximum Gasteiger partial charge on any atom is 0.281 e. The van der Waals surface area contributed by atoms with E-state index in [2.05, 4.69) is 54.1 Å². The van der Waals surface area contributed by atoms with Gasteiger partial charge in [-0.3, -0.25) is 4.79 Å².